The molecule has 2 aromatic rings. The number of benzene rings is 1. The second-order valence-corrected chi connectivity index (χ2v) is 7.83. The van der Waals surface area contributed by atoms with Crippen molar-refractivity contribution in [3.8, 4) is 18.1 Å². The lowest BCUT2D eigenvalue weighted by molar-refractivity contribution is 0.383. The summed E-state index contributed by atoms with van der Waals surface area (Å²) in [6, 6.07) is 2.15. The monoisotopic (exact) mass is 410 g/mol. The van der Waals surface area contributed by atoms with Gasteiger partial charge < -0.3 is 9.84 Å². The molecule has 2 heterocycles. The van der Waals surface area contributed by atoms with E-state index in [1.54, 1.807) is 0 Å². The molecule has 0 saturated carbocycles. The molecule has 0 bridgehead atoms. The summed E-state index contributed by atoms with van der Waals surface area (Å²) in [6.45, 7) is -0.741. The summed E-state index contributed by atoms with van der Waals surface area (Å²) in [5, 5.41) is 11.9. The standard InChI is InChI=1S/C15H9BClFN2O4S2/c1-2-5-20-15-8(6-25-19-15)12(21)14(26(20,22)23)11-10(18)4-3-9(17)13(11)24-7-16/h1,3-4,6,21H,5,7H2. The highest BCUT2D eigenvalue weighted by Gasteiger charge is 2.42. The zero-order valence-corrected chi connectivity index (χ0v) is 15.3. The average molecular weight is 411 g/mol. The fourth-order valence-electron chi connectivity index (χ4n) is 2.50. The SMILES string of the molecule is [B]COc1c(Cl)ccc(F)c1C1=C(O)c2csnc2N(CC#C)S1(=O)=O. The molecule has 1 aromatic heterocycles. The zero-order chi connectivity index (χ0) is 19.1. The summed E-state index contributed by atoms with van der Waals surface area (Å²) in [5.41, 5.74) is -0.424. The number of aromatic nitrogens is 1. The number of nitrogens with zero attached hydrogens (tertiary/aromatic N) is 2. The first-order chi connectivity index (χ1) is 12.3. The highest BCUT2D eigenvalue weighted by Crippen LogP contribution is 2.47. The first-order valence-corrected chi connectivity index (χ1v) is 9.65. The van der Waals surface area contributed by atoms with Gasteiger partial charge in [0.25, 0.3) is 10.0 Å². The molecule has 1 N–H and O–H groups in total. The molecule has 1 aliphatic heterocycles. The van der Waals surface area contributed by atoms with Crippen LogP contribution in [0.25, 0.3) is 10.7 Å². The third-order valence-corrected chi connectivity index (χ3v) is 6.27. The molecule has 3 rings (SSSR count). The van der Waals surface area contributed by atoms with Crippen molar-refractivity contribution >= 4 is 57.5 Å². The van der Waals surface area contributed by atoms with Gasteiger partial charge in [0.15, 0.2) is 5.82 Å². The molecular formula is C15H9BClFN2O4S2. The van der Waals surface area contributed by atoms with E-state index in [-0.39, 0.29) is 35.2 Å². The van der Waals surface area contributed by atoms with E-state index in [4.69, 9.17) is 30.6 Å². The largest absolute Gasteiger partial charge is 0.506 e. The minimum absolute atomic E-state index is 0.0297. The van der Waals surface area contributed by atoms with E-state index < -0.39 is 32.1 Å². The molecule has 0 saturated heterocycles. The van der Waals surface area contributed by atoms with Gasteiger partial charge in [0.05, 0.1) is 22.7 Å². The molecule has 6 nitrogen and oxygen atoms in total. The summed E-state index contributed by atoms with van der Waals surface area (Å²) >= 11 is 6.93. The number of rotatable bonds is 4. The fraction of sp³-hybridized carbons (Fsp3) is 0.133. The van der Waals surface area contributed by atoms with Crippen molar-refractivity contribution in [3.63, 3.8) is 0 Å². The van der Waals surface area contributed by atoms with Crippen LogP contribution >= 0.6 is 23.1 Å². The minimum atomic E-state index is -4.45. The Hall–Kier alpha value is -2.22. The van der Waals surface area contributed by atoms with Crippen molar-refractivity contribution in [2.75, 3.05) is 17.4 Å². The van der Waals surface area contributed by atoms with Crippen molar-refractivity contribution in [2.45, 2.75) is 0 Å². The van der Waals surface area contributed by atoms with Crippen molar-refractivity contribution in [1.29, 1.82) is 0 Å². The Morgan fingerprint density at radius 2 is 2.23 bits per heavy atom. The maximum atomic E-state index is 14.6. The Balaban J connectivity index is 2.40. The molecule has 1 aliphatic rings. The molecule has 0 amide bonds. The summed E-state index contributed by atoms with van der Waals surface area (Å²) in [7, 11) is 0.892. The Bertz CT molecular complexity index is 1060. The molecule has 1 aromatic carbocycles. The lowest BCUT2D eigenvalue weighted by atomic mass is 10.1. The van der Waals surface area contributed by atoms with E-state index in [1.165, 1.54) is 11.4 Å². The van der Waals surface area contributed by atoms with Gasteiger partial charge in [-0.1, -0.05) is 17.5 Å². The molecule has 2 radical (unpaired) electrons. The predicted molar refractivity (Wildman–Crippen MR) is 99.3 cm³/mol. The minimum Gasteiger partial charge on any atom is -0.506 e. The van der Waals surface area contributed by atoms with E-state index in [0.29, 0.717) is 0 Å². The van der Waals surface area contributed by atoms with Crippen LogP contribution in [0.3, 0.4) is 0 Å². The molecule has 26 heavy (non-hydrogen) atoms. The number of aliphatic hydroxyl groups is 1. The number of hydrogen-bond donors (Lipinski definition) is 1. The van der Waals surface area contributed by atoms with E-state index in [9.17, 15) is 17.9 Å². The topological polar surface area (TPSA) is 79.7 Å². The van der Waals surface area contributed by atoms with Crippen LogP contribution in [-0.4, -0.2) is 38.8 Å². The van der Waals surface area contributed by atoms with E-state index in [2.05, 4.69) is 10.3 Å². The number of fused-ring (bicyclic) bond motifs is 1. The van der Waals surface area contributed by atoms with Crippen LogP contribution in [0.5, 0.6) is 5.75 Å². The van der Waals surface area contributed by atoms with Gasteiger partial charge in [-0.05, 0) is 23.7 Å². The summed E-state index contributed by atoms with van der Waals surface area (Å²) < 4.78 is 50.7. The van der Waals surface area contributed by atoms with Crippen LogP contribution < -0.4 is 9.04 Å². The Kier molecular flexibility index (Phi) is 4.88. The molecule has 0 spiro atoms. The third-order valence-electron chi connectivity index (χ3n) is 3.55. The van der Waals surface area contributed by atoms with Crippen LogP contribution in [0.4, 0.5) is 10.2 Å². The third kappa shape index (κ3) is 2.72. The van der Waals surface area contributed by atoms with E-state index >= 15 is 0 Å². The highest BCUT2D eigenvalue weighted by molar-refractivity contribution is 8.02. The summed E-state index contributed by atoms with van der Waals surface area (Å²) in [5.74, 6) is 0.245. The smallest absolute Gasteiger partial charge is 0.270 e. The highest BCUT2D eigenvalue weighted by atomic mass is 35.5. The van der Waals surface area contributed by atoms with Crippen LogP contribution in [-0.2, 0) is 10.0 Å². The number of ether oxygens (including phenoxy) is 1. The van der Waals surface area contributed by atoms with Gasteiger partial charge in [0.2, 0.25) is 0 Å². The Morgan fingerprint density at radius 3 is 2.88 bits per heavy atom. The Labute approximate surface area is 159 Å². The molecule has 0 fully saturated rings. The summed E-state index contributed by atoms with van der Waals surface area (Å²) in [6.07, 6.45) is 5.26. The normalized spacial score (nSPS) is 15.5. The van der Waals surface area contributed by atoms with Crippen molar-refractivity contribution < 1.29 is 22.7 Å². The number of aliphatic hydroxyl groups excluding tert-OH is 1. The van der Waals surface area contributed by atoms with Gasteiger partial charge in [0, 0.05) is 11.9 Å². The van der Waals surface area contributed by atoms with Gasteiger partial charge >= 0.3 is 0 Å². The van der Waals surface area contributed by atoms with E-state index in [0.717, 1.165) is 21.9 Å². The second kappa shape index (κ2) is 6.83. The molecular weight excluding hydrogens is 402 g/mol. The van der Waals surface area contributed by atoms with Gasteiger partial charge in [-0.25, -0.2) is 17.1 Å². The van der Waals surface area contributed by atoms with Crippen molar-refractivity contribution in [3.05, 3.63) is 39.5 Å². The van der Waals surface area contributed by atoms with Crippen LogP contribution in [0.15, 0.2) is 17.5 Å². The molecule has 0 unspecified atom stereocenters. The number of terminal acetylenes is 1. The number of hydrogen-bond acceptors (Lipinski definition) is 6. The van der Waals surface area contributed by atoms with Gasteiger partial charge in [-0.2, -0.15) is 4.37 Å². The van der Waals surface area contributed by atoms with Gasteiger partial charge in [-0.15, -0.1) is 6.42 Å². The van der Waals surface area contributed by atoms with Crippen LogP contribution in [0, 0.1) is 18.2 Å². The molecule has 0 atom stereocenters. The van der Waals surface area contributed by atoms with Gasteiger partial charge in [0.1, 0.15) is 30.1 Å². The molecule has 11 heteroatoms. The number of sulfonamides is 1. The molecule has 132 valence electrons. The van der Waals surface area contributed by atoms with Gasteiger partial charge in [-0.3, -0.25) is 0 Å². The first kappa shape index (κ1) is 18.6. The predicted octanol–water partition coefficient (Wildman–Crippen LogP) is 2.61. The number of halogens is 2. The summed E-state index contributed by atoms with van der Waals surface area (Å²) in [4.78, 5) is -0.719. The maximum Gasteiger partial charge on any atom is 0.270 e. The molecule has 0 aliphatic carbocycles. The lowest BCUT2D eigenvalue weighted by Crippen LogP contribution is -2.36. The fourth-order valence-corrected chi connectivity index (χ4v) is 5.07. The van der Waals surface area contributed by atoms with Crippen LogP contribution in [0.2, 0.25) is 5.02 Å². The lowest BCUT2D eigenvalue weighted by Gasteiger charge is -2.28. The first-order valence-electron chi connectivity index (χ1n) is 7.00. The zero-order valence-electron chi connectivity index (χ0n) is 12.9. The number of anilines is 1. The van der Waals surface area contributed by atoms with Crippen LogP contribution in [0.1, 0.15) is 11.1 Å². The van der Waals surface area contributed by atoms with Crippen molar-refractivity contribution in [1.82, 2.24) is 4.37 Å². The second-order valence-electron chi connectivity index (χ2n) is 4.99. The van der Waals surface area contributed by atoms with E-state index in [1.807, 2.05) is 0 Å². The average Bonchev–Trinajstić information content (AvgIpc) is 3.07. The van der Waals surface area contributed by atoms with Crippen molar-refractivity contribution in [2.24, 2.45) is 0 Å². The quantitative estimate of drug-likeness (QED) is 0.619. The maximum absolute atomic E-state index is 14.6. The Morgan fingerprint density at radius 1 is 1.50 bits per heavy atom.